The summed E-state index contributed by atoms with van der Waals surface area (Å²) in [5.74, 6) is -0.563. The molecule has 132 valence electrons. The molecule has 25 heavy (non-hydrogen) atoms. The molecule has 0 saturated heterocycles. The Morgan fingerprint density at radius 1 is 1.28 bits per heavy atom. The molecular weight excluding hydrogens is 341 g/mol. The standard InChI is InChI=1S/C18H20FN3O2S/c1-18(2,3)25-15-9-22-13(8-21-16(22)7-14(15)24-4)10-5-11(19)17(23)12(20)6-10/h5-9,23H,20H2,1-4H3. The summed E-state index contributed by atoms with van der Waals surface area (Å²) in [5.41, 5.74) is 7.57. The number of fused-ring (bicyclic) bond motifs is 1. The predicted molar refractivity (Wildman–Crippen MR) is 98.8 cm³/mol. The number of imidazole rings is 1. The minimum Gasteiger partial charge on any atom is -0.503 e. The third-order valence-electron chi connectivity index (χ3n) is 3.60. The van der Waals surface area contributed by atoms with Gasteiger partial charge in [0.05, 0.1) is 29.6 Å². The Bertz CT molecular complexity index is 924. The van der Waals surface area contributed by atoms with Crippen molar-refractivity contribution in [2.24, 2.45) is 0 Å². The second kappa shape index (κ2) is 6.15. The van der Waals surface area contributed by atoms with E-state index in [-0.39, 0.29) is 10.4 Å². The molecule has 0 radical (unpaired) electrons. The molecule has 0 atom stereocenters. The first kappa shape index (κ1) is 17.4. The summed E-state index contributed by atoms with van der Waals surface area (Å²) in [4.78, 5) is 5.32. The van der Waals surface area contributed by atoms with Gasteiger partial charge in [-0.2, -0.15) is 0 Å². The maximum Gasteiger partial charge on any atom is 0.174 e. The summed E-state index contributed by atoms with van der Waals surface area (Å²) in [7, 11) is 1.62. The number of nitrogens with two attached hydrogens (primary N) is 1. The lowest BCUT2D eigenvalue weighted by Gasteiger charge is -2.19. The van der Waals surface area contributed by atoms with Gasteiger partial charge in [0, 0.05) is 22.6 Å². The summed E-state index contributed by atoms with van der Waals surface area (Å²) in [6, 6.07) is 4.62. The van der Waals surface area contributed by atoms with Crippen LogP contribution in [0.25, 0.3) is 16.9 Å². The molecule has 0 aliphatic heterocycles. The highest BCUT2D eigenvalue weighted by Gasteiger charge is 2.19. The molecule has 2 heterocycles. The maximum absolute atomic E-state index is 13.9. The molecule has 0 fully saturated rings. The Kier molecular flexibility index (Phi) is 4.28. The second-order valence-corrected chi connectivity index (χ2v) is 8.56. The van der Waals surface area contributed by atoms with Crippen LogP contribution in [-0.2, 0) is 0 Å². The highest BCUT2D eigenvalue weighted by molar-refractivity contribution is 8.00. The quantitative estimate of drug-likeness (QED) is 0.413. The maximum atomic E-state index is 13.9. The number of halogens is 1. The number of phenols is 1. The molecule has 0 unspecified atom stereocenters. The number of benzene rings is 1. The highest BCUT2D eigenvalue weighted by Crippen LogP contribution is 2.39. The van der Waals surface area contributed by atoms with E-state index in [1.54, 1.807) is 25.1 Å². The molecule has 2 aromatic heterocycles. The average molecular weight is 361 g/mol. The van der Waals surface area contributed by atoms with Crippen molar-refractivity contribution in [1.29, 1.82) is 0 Å². The van der Waals surface area contributed by atoms with E-state index in [0.717, 1.165) is 10.6 Å². The topological polar surface area (TPSA) is 72.8 Å². The molecule has 3 N–H and O–H groups in total. The van der Waals surface area contributed by atoms with E-state index in [4.69, 9.17) is 10.5 Å². The number of hydrogen-bond donors (Lipinski definition) is 2. The molecule has 3 aromatic rings. The lowest BCUT2D eigenvalue weighted by atomic mass is 10.1. The van der Waals surface area contributed by atoms with E-state index in [9.17, 15) is 9.50 Å². The summed E-state index contributed by atoms with van der Waals surface area (Å²) in [6.45, 7) is 6.35. The Balaban J connectivity index is 2.19. The average Bonchev–Trinajstić information content (AvgIpc) is 2.92. The van der Waals surface area contributed by atoms with Crippen LogP contribution in [0.4, 0.5) is 10.1 Å². The highest BCUT2D eigenvalue weighted by atomic mass is 32.2. The van der Waals surface area contributed by atoms with Gasteiger partial charge < -0.3 is 15.6 Å². The molecule has 0 saturated carbocycles. The van der Waals surface area contributed by atoms with Crippen molar-refractivity contribution in [2.75, 3.05) is 12.8 Å². The number of rotatable bonds is 3. The van der Waals surface area contributed by atoms with Crippen LogP contribution >= 0.6 is 11.8 Å². The monoisotopic (exact) mass is 361 g/mol. The summed E-state index contributed by atoms with van der Waals surface area (Å²) >= 11 is 1.67. The van der Waals surface area contributed by atoms with Crippen LogP contribution < -0.4 is 10.5 Å². The fourth-order valence-electron chi connectivity index (χ4n) is 2.53. The number of methoxy groups -OCH3 is 1. The summed E-state index contributed by atoms with van der Waals surface area (Å²) in [5, 5.41) is 9.54. The molecule has 1 aromatic carbocycles. The molecule has 0 aliphatic carbocycles. The van der Waals surface area contributed by atoms with Crippen molar-refractivity contribution in [3.63, 3.8) is 0 Å². The van der Waals surface area contributed by atoms with Gasteiger partial charge in [-0.1, -0.05) is 20.8 Å². The van der Waals surface area contributed by atoms with Gasteiger partial charge in [-0.15, -0.1) is 11.8 Å². The number of anilines is 1. The number of ether oxygens (including phenoxy) is 1. The smallest absolute Gasteiger partial charge is 0.174 e. The molecule has 0 aliphatic rings. The Labute approximate surface area is 149 Å². The fraction of sp³-hybridized carbons (Fsp3) is 0.278. The predicted octanol–water partition coefficient (Wildman–Crippen LogP) is 4.33. The van der Waals surface area contributed by atoms with E-state index in [0.29, 0.717) is 16.9 Å². The van der Waals surface area contributed by atoms with Crippen molar-refractivity contribution >= 4 is 23.1 Å². The van der Waals surface area contributed by atoms with Gasteiger partial charge in [0.1, 0.15) is 11.4 Å². The first-order valence-electron chi connectivity index (χ1n) is 7.72. The third kappa shape index (κ3) is 3.37. The van der Waals surface area contributed by atoms with Crippen molar-refractivity contribution in [3.05, 3.63) is 36.4 Å². The van der Waals surface area contributed by atoms with E-state index in [1.165, 1.54) is 12.1 Å². The molecule has 5 nitrogen and oxygen atoms in total. The molecule has 3 rings (SSSR count). The normalized spacial score (nSPS) is 11.9. The summed E-state index contributed by atoms with van der Waals surface area (Å²) < 4.78 is 21.2. The minimum absolute atomic E-state index is 0.00320. The van der Waals surface area contributed by atoms with Crippen LogP contribution in [0.2, 0.25) is 0 Å². The van der Waals surface area contributed by atoms with Gasteiger partial charge in [-0.25, -0.2) is 9.37 Å². The number of pyridine rings is 1. The SMILES string of the molecule is COc1cc2ncc(-c3cc(N)c(O)c(F)c3)n2cc1SC(C)(C)C. The van der Waals surface area contributed by atoms with E-state index < -0.39 is 11.6 Å². The summed E-state index contributed by atoms with van der Waals surface area (Å²) in [6.07, 6.45) is 3.57. The molecular formula is C18H20FN3O2S. The molecule has 0 bridgehead atoms. The number of hydrogen-bond acceptors (Lipinski definition) is 5. The van der Waals surface area contributed by atoms with Gasteiger partial charge in [0.25, 0.3) is 0 Å². The second-order valence-electron chi connectivity index (χ2n) is 6.69. The number of aromatic hydroxyl groups is 1. The zero-order valence-corrected chi connectivity index (χ0v) is 15.3. The molecule has 7 heteroatoms. The van der Waals surface area contributed by atoms with Crippen molar-refractivity contribution in [1.82, 2.24) is 9.38 Å². The number of nitrogen functional groups attached to an aromatic ring is 1. The Hall–Kier alpha value is -2.41. The zero-order chi connectivity index (χ0) is 18.4. The third-order valence-corrected chi connectivity index (χ3v) is 4.74. The first-order chi connectivity index (χ1) is 11.7. The van der Waals surface area contributed by atoms with Crippen LogP contribution in [0.5, 0.6) is 11.5 Å². The lowest BCUT2D eigenvalue weighted by molar-refractivity contribution is 0.404. The van der Waals surface area contributed by atoms with E-state index >= 15 is 0 Å². The van der Waals surface area contributed by atoms with Crippen LogP contribution in [0, 0.1) is 5.82 Å². The van der Waals surface area contributed by atoms with Gasteiger partial charge in [-0.3, -0.25) is 4.40 Å². The van der Waals surface area contributed by atoms with Crippen LogP contribution in [0.1, 0.15) is 20.8 Å². The van der Waals surface area contributed by atoms with Gasteiger partial charge >= 0.3 is 0 Å². The van der Waals surface area contributed by atoms with Crippen molar-refractivity contribution < 1.29 is 14.2 Å². The molecule has 0 amide bonds. The van der Waals surface area contributed by atoms with E-state index in [1.807, 2.05) is 16.7 Å². The fourth-order valence-corrected chi connectivity index (χ4v) is 3.60. The number of aromatic nitrogens is 2. The number of phenolic OH excluding ortho intramolecular Hbond substituents is 1. The number of nitrogens with zero attached hydrogens (tertiary/aromatic N) is 2. The minimum atomic E-state index is -0.761. The largest absolute Gasteiger partial charge is 0.503 e. The zero-order valence-electron chi connectivity index (χ0n) is 14.5. The Morgan fingerprint density at radius 2 is 2.00 bits per heavy atom. The molecule has 0 spiro atoms. The van der Waals surface area contributed by atoms with Crippen molar-refractivity contribution in [3.8, 4) is 22.8 Å². The first-order valence-corrected chi connectivity index (χ1v) is 8.54. The van der Waals surface area contributed by atoms with Gasteiger partial charge in [0.2, 0.25) is 0 Å². The number of thioether (sulfide) groups is 1. The van der Waals surface area contributed by atoms with Crippen LogP contribution in [0.15, 0.2) is 35.5 Å². The van der Waals surface area contributed by atoms with Gasteiger partial charge in [-0.05, 0) is 12.1 Å². The van der Waals surface area contributed by atoms with Crippen LogP contribution in [0.3, 0.4) is 0 Å². The van der Waals surface area contributed by atoms with E-state index in [2.05, 4.69) is 25.8 Å². The van der Waals surface area contributed by atoms with Crippen molar-refractivity contribution in [2.45, 2.75) is 30.4 Å². The lowest BCUT2D eigenvalue weighted by Crippen LogP contribution is -2.07. The Morgan fingerprint density at radius 3 is 2.60 bits per heavy atom. The van der Waals surface area contributed by atoms with Crippen LogP contribution in [-0.4, -0.2) is 26.3 Å². The van der Waals surface area contributed by atoms with Gasteiger partial charge in [0.15, 0.2) is 11.6 Å².